The number of nitrogens with one attached hydrogen (secondary N) is 1. The smallest absolute Gasteiger partial charge is 0.238 e. The zero-order valence-electron chi connectivity index (χ0n) is 12.0. The number of hydrogen-bond acceptors (Lipinski definition) is 3. The molecule has 1 amide bonds. The SMILES string of the molecule is CN(CCN1C(=O)CNC1c1ccc(F)cc1F)C1CC1. The van der Waals surface area contributed by atoms with Gasteiger partial charge >= 0.3 is 0 Å². The van der Waals surface area contributed by atoms with Gasteiger partial charge in [-0.05, 0) is 32.0 Å². The fourth-order valence-corrected chi connectivity index (χ4v) is 2.76. The molecule has 0 bridgehead atoms. The highest BCUT2D eigenvalue weighted by Gasteiger charge is 2.34. The zero-order chi connectivity index (χ0) is 15.0. The summed E-state index contributed by atoms with van der Waals surface area (Å²) in [5.74, 6) is -1.28. The number of amides is 1. The Labute approximate surface area is 122 Å². The highest BCUT2D eigenvalue weighted by Crippen LogP contribution is 2.27. The van der Waals surface area contributed by atoms with Gasteiger partial charge in [0.25, 0.3) is 0 Å². The third kappa shape index (κ3) is 3.06. The van der Waals surface area contributed by atoms with E-state index < -0.39 is 17.8 Å². The Balaban J connectivity index is 1.72. The Hall–Kier alpha value is -1.53. The van der Waals surface area contributed by atoms with E-state index in [1.807, 2.05) is 7.05 Å². The number of carbonyl (C=O) groups is 1. The van der Waals surface area contributed by atoms with E-state index >= 15 is 0 Å². The quantitative estimate of drug-likeness (QED) is 0.894. The van der Waals surface area contributed by atoms with Crippen molar-refractivity contribution in [3.05, 3.63) is 35.4 Å². The molecule has 1 atom stereocenters. The molecule has 4 nitrogen and oxygen atoms in total. The topological polar surface area (TPSA) is 35.6 Å². The summed E-state index contributed by atoms with van der Waals surface area (Å²) in [6, 6.07) is 4.10. The molecule has 21 heavy (non-hydrogen) atoms. The molecule has 1 aliphatic carbocycles. The number of nitrogens with zero attached hydrogens (tertiary/aromatic N) is 2. The van der Waals surface area contributed by atoms with Crippen molar-refractivity contribution in [2.24, 2.45) is 0 Å². The fourth-order valence-electron chi connectivity index (χ4n) is 2.76. The first-order valence-corrected chi connectivity index (χ1v) is 7.24. The first-order chi connectivity index (χ1) is 10.1. The van der Waals surface area contributed by atoms with E-state index in [9.17, 15) is 13.6 Å². The van der Waals surface area contributed by atoms with Gasteiger partial charge in [0.2, 0.25) is 5.91 Å². The van der Waals surface area contributed by atoms with Crippen LogP contribution in [0.25, 0.3) is 0 Å². The Morgan fingerprint density at radius 2 is 2.14 bits per heavy atom. The second-order valence-electron chi connectivity index (χ2n) is 5.75. The Morgan fingerprint density at radius 3 is 2.81 bits per heavy atom. The molecule has 2 fully saturated rings. The largest absolute Gasteiger partial charge is 0.320 e. The minimum Gasteiger partial charge on any atom is -0.320 e. The lowest BCUT2D eigenvalue weighted by Crippen LogP contribution is -2.38. The normalized spacial score (nSPS) is 22.4. The highest BCUT2D eigenvalue weighted by molar-refractivity contribution is 5.81. The van der Waals surface area contributed by atoms with Crippen molar-refractivity contribution < 1.29 is 13.6 Å². The molecule has 1 saturated heterocycles. The Morgan fingerprint density at radius 1 is 1.38 bits per heavy atom. The lowest BCUT2D eigenvalue weighted by atomic mass is 10.1. The molecule has 1 aromatic rings. The number of carbonyl (C=O) groups excluding carboxylic acids is 1. The van der Waals surface area contributed by atoms with Gasteiger partial charge in [-0.25, -0.2) is 8.78 Å². The van der Waals surface area contributed by atoms with Crippen LogP contribution in [0.15, 0.2) is 18.2 Å². The van der Waals surface area contributed by atoms with Crippen LogP contribution in [0.2, 0.25) is 0 Å². The van der Waals surface area contributed by atoms with Gasteiger partial charge in [0.1, 0.15) is 17.8 Å². The van der Waals surface area contributed by atoms with Gasteiger partial charge in [0, 0.05) is 30.8 Å². The van der Waals surface area contributed by atoms with Crippen molar-refractivity contribution in [1.29, 1.82) is 0 Å². The molecule has 6 heteroatoms. The second kappa shape index (κ2) is 5.69. The van der Waals surface area contributed by atoms with Crippen molar-refractivity contribution in [2.75, 3.05) is 26.7 Å². The Bertz CT molecular complexity index is 548. The third-order valence-electron chi connectivity index (χ3n) is 4.20. The first kappa shape index (κ1) is 14.4. The summed E-state index contributed by atoms with van der Waals surface area (Å²) in [5.41, 5.74) is 0.316. The molecule has 1 aromatic carbocycles. The van der Waals surface area contributed by atoms with Crippen LogP contribution in [0, 0.1) is 11.6 Å². The minimum absolute atomic E-state index is 0.0482. The molecule has 0 aromatic heterocycles. The number of hydrogen-bond donors (Lipinski definition) is 1. The average Bonchev–Trinajstić information content (AvgIpc) is 3.22. The molecular weight excluding hydrogens is 276 g/mol. The van der Waals surface area contributed by atoms with Crippen LogP contribution < -0.4 is 5.32 Å². The number of rotatable bonds is 5. The summed E-state index contributed by atoms with van der Waals surface area (Å²) in [4.78, 5) is 15.8. The summed E-state index contributed by atoms with van der Waals surface area (Å²) < 4.78 is 26.9. The molecule has 0 spiro atoms. The second-order valence-corrected chi connectivity index (χ2v) is 5.75. The van der Waals surface area contributed by atoms with Crippen LogP contribution in [0.5, 0.6) is 0 Å². The minimum atomic E-state index is -0.622. The van der Waals surface area contributed by atoms with Gasteiger partial charge in [0.05, 0.1) is 6.54 Å². The van der Waals surface area contributed by atoms with E-state index in [4.69, 9.17) is 0 Å². The molecule has 1 N–H and O–H groups in total. The third-order valence-corrected chi connectivity index (χ3v) is 4.20. The maximum atomic E-state index is 13.9. The van der Waals surface area contributed by atoms with E-state index in [-0.39, 0.29) is 12.5 Å². The Kier molecular flexibility index (Phi) is 3.91. The van der Waals surface area contributed by atoms with Gasteiger partial charge in [-0.15, -0.1) is 0 Å². The van der Waals surface area contributed by atoms with Crippen LogP contribution in [-0.4, -0.2) is 48.4 Å². The van der Waals surface area contributed by atoms with Crippen LogP contribution in [0.4, 0.5) is 8.78 Å². The molecule has 1 unspecified atom stereocenters. The van der Waals surface area contributed by atoms with E-state index in [1.54, 1.807) is 4.90 Å². The van der Waals surface area contributed by atoms with Crippen LogP contribution in [0.3, 0.4) is 0 Å². The van der Waals surface area contributed by atoms with Gasteiger partial charge in [-0.1, -0.05) is 0 Å². The summed E-state index contributed by atoms with van der Waals surface area (Å²) >= 11 is 0. The number of halogens is 2. The van der Waals surface area contributed by atoms with E-state index in [2.05, 4.69) is 10.2 Å². The molecule has 0 radical (unpaired) electrons. The molecule has 2 aliphatic rings. The van der Waals surface area contributed by atoms with Crippen LogP contribution >= 0.6 is 0 Å². The van der Waals surface area contributed by atoms with Crippen LogP contribution in [-0.2, 0) is 4.79 Å². The van der Waals surface area contributed by atoms with E-state index in [0.29, 0.717) is 18.2 Å². The molecule has 1 saturated carbocycles. The van der Waals surface area contributed by atoms with Gasteiger partial charge in [-0.3, -0.25) is 10.1 Å². The molecule has 3 rings (SSSR count). The van der Waals surface area contributed by atoms with Gasteiger partial charge in [0.15, 0.2) is 0 Å². The fraction of sp³-hybridized carbons (Fsp3) is 0.533. The number of likely N-dealkylation sites (N-methyl/N-ethyl adjacent to an activating group) is 1. The van der Waals surface area contributed by atoms with Crippen molar-refractivity contribution in [1.82, 2.24) is 15.1 Å². The first-order valence-electron chi connectivity index (χ1n) is 7.24. The van der Waals surface area contributed by atoms with Crippen molar-refractivity contribution in [3.63, 3.8) is 0 Å². The molecule has 1 heterocycles. The van der Waals surface area contributed by atoms with Crippen LogP contribution in [0.1, 0.15) is 24.6 Å². The average molecular weight is 295 g/mol. The lowest BCUT2D eigenvalue weighted by Gasteiger charge is -2.27. The van der Waals surface area contributed by atoms with Gasteiger partial charge in [-0.2, -0.15) is 0 Å². The molecular formula is C15H19F2N3O. The van der Waals surface area contributed by atoms with E-state index in [0.717, 1.165) is 12.6 Å². The monoisotopic (exact) mass is 295 g/mol. The maximum absolute atomic E-state index is 13.9. The highest BCUT2D eigenvalue weighted by atomic mass is 19.1. The summed E-state index contributed by atoms with van der Waals surface area (Å²) in [5, 5.41) is 3.00. The van der Waals surface area contributed by atoms with Crippen molar-refractivity contribution in [3.8, 4) is 0 Å². The number of benzene rings is 1. The van der Waals surface area contributed by atoms with Crippen molar-refractivity contribution in [2.45, 2.75) is 25.0 Å². The summed E-state index contributed by atoms with van der Waals surface area (Å²) in [6.45, 7) is 1.49. The lowest BCUT2D eigenvalue weighted by molar-refractivity contribution is -0.128. The predicted molar refractivity (Wildman–Crippen MR) is 74.5 cm³/mol. The summed E-state index contributed by atoms with van der Waals surface area (Å²) in [6.07, 6.45) is 1.91. The molecule has 1 aliphatic heterocycles. The zero-order valence-corrected chi connectivity index (χ0v) is 12.0. The van der Waals surface area contributed by atoms with E-state index in [1.165, 1.54) is 25.0 Å². The summed E-state index contributed by atoms with van der Waals surface area (Å²) in [7, 11) is 2.04. The predicted octanol–water partition coefficient (Wildman–Crippen LogP) is 1.49. The van der Waals surface area contributed by atoms with Crippen molar-refractivity contribution >= 4 is 5.91 Å². The van der Waals surface area contributed by atoms with Gasteiger partial charge < -0.3 is 9.80 Å². The maximum Gasteiger partial charge on any atom is 0.238 e. The molecule has 114 valence electrons. The standard InChI is InChI=1S/C15H19F2N3O/c1-19(11-3-4-11)6-7-20-14(21)9-18-15(20)12-5-2-10(16)8-13(12)17/h2,5,8,11,15,18H,3-4,6-7,9H2,1H3.